The Morgan fingerprint density at radius 2 is 1.77 bits per heavy atom. The maximum atomic E-state index is 13.0. The van der Waals surface area contributed by atoms with Gasteiger partial charge in [0.1, 0.15) is 0 Å². The molecule has 1 saturated heterocycles. The van der Waals surface area contributed by atoms with Gasteiger partial charge >= 0.3 is 0 Å². The topological polar surface area (TPSA) is 79.0 Å². The van der Waals surface area contributed by atoms with E-state index in [1.807, 2.05) is 4.90 Å². The zero-order chi connectivity index (χ0) is 22.6. The molecule has 2 aromatic carbocycles. The monoisotopic (exact) mass is 485 g/mol. The zero-order valence-electron chi connectivity index (χ0n) is 17.4. The van der Waals surface area contributed by atoms with Crippen LogP contribution < -0.4 is 10.2 Å². The largest absolute Gasteiger partial charge is 0.378 e. The van der Waals surface area contributed by atoms with Gasteiger partial charge in [0.2, 0.25) is 10.0 Å². The van der Waals surface area contributed by atoms with E-state index in [9.17, 15) is 13.2 Å². The molecule has 0 bridgehead atoms. The van der Waals surface area contributed by atoms with Crippen molar-refractivity contribution in [2.75, 3.05) is 49.6 Å². The molecule has 1 amide bonds. The van der Waals surface area contributed by atoms with E-state index < -0.39 is 15.9 Å². The first-order valence-electron chi connectivity index (χ1n) is 10.0. The summed E-state index contributed by atoms with van der Waals surface area (Å²) in [5, 5.41) is 3.46. The van der Waals surface area contributed by atoms with Crippen LogP contribution in [0.3, 0.4) is 0 Å². The van der Waals surface area contributed by atoms with Crippen LogP contribution in [-0.2, 0) is 14.8 Å². The quantitative estimate of drug-likeness (QED) is 0.637. The van der Waals surface area contributed by atoms with Crippen molar-refractivity contribution >= 4 is 50.5 Å². The fourth-order valence-electron chi connectivity index (χ4n) is 3.43. The summed E-state index contributed by atoms with van der Waals surface area (Å²) in [5.41, 5.74) is 1.31. The van der Waals surface area contributed by atoms with Crippen molar-refractivity contribution in [1.29, 1.82) is 0 Å². The minimum atomic E-state index is -3.69. The average molecular weight is 486 g/mol. The molecule has 1 N–H and O–H groups in total. The van der Waals surface area contributed by atoms with Crippen molar-refractivity contribution in [1.82, 2.24) is 4.31 Å². The summed E-state index contributed by atoms with van der Waals surface area (Å²) < 4.78 is 32.8. The van der Waals surface area contributed by atoms with Gasteiger partial charge in [-0.05, 0) is 36.4 Å². The molecular formula is C21H25Cl2N3O4S. The molecule has 10 heteroatoms. The first kappa shape index (κ1) is 23.8. The molecule has 0 saturated carbocycles. The van der Waals surface area contributed by atoms with E-state index in [1.54, 1.807) is 38.1 Å². The molecule has 0 atom stereocenters. The van der Waals surface area contributed by atoms with Gasteiger partial charge in [-0.3, -0.25) is 4.79 Å². The normalized spacial score (nSPS) is 14.7. The van der Waals surface area contributed by atoms with E-state index in [4.69, 9.17) is 27.9 Å². The molecule has 1 aliphatic rings. The highest BCUT2D eigenvalue weighted by molar-refractivity contribution is 7.89. The van der Waals surface area contributed by atoms with Crippen LogP contribution in [0.25, 0.3) is 0 Å². The molecule has 31 heavy (non-hydrogen) atoms. The Morgan fingerprint density at radius 3 is 2.42 bits per heavy atom. The Hall–Kier alpha value is -1.84. The van der Waals surface area contributed by atoms with Gasteiger partial charge in [0.25, 0.3) is 5.91 Å². The molecule has 2 aromatic rings. The molecule has 1 aliphatic heterocycles. The number of halogens is 2. The number of hydrogen-bond acceptors (Lipinski definition) is 5. The SMILES string of the molecule is CCN(CC)S(=O)(=O)c1ccc(N2CCOCC2)c(NC(=O)c2cc(Cl)ccc2Cl)c1. The van der Waals surface area contributed by atoms with Crippen molar-refractivity contribution in [3.05, 3.63) is 52.0 Å². The summed E-state index contributed by atoms with van der Waals surface area (Å²) in [5.74, 6) is -0.473. The number of rotatable bonds is 7. The first-order chi connectivity index (χ1) is 14.8. The summed E-state index contributed by atoms with van der Waals surface area (Å²) in [4.78, 5) is 15.1. The van der Waals surface area contributed by atoms with E-state index in [-0.39, 0.29) is 15.5 Å². The molecule has 1 heterocycles. The van der Waals surface area contributed by atoms with E-state index >= 15 is 0 Å². The highest BCUT2D eigenvalue weighted by Crippen LogP contribution is 2.32. The van der Waals surface area contributed by atoms with Crippen LogP contribution in [0, 0.1) is 0 Å². The molecule has 1 fully saturated rings. The van der Waals surface area contributed by atoms with Crippen molar-refractivity contribution in [2.45, 2.75) is 18.7 Å². The van der Waals surface area contributed by atoms with Gasteiger partial charge in [0.15, 0.2) is 0 Å². The van der Waals surface area contributed by atoms with Crippen LogP contribution in [0.2, 0.25) is 10.0 Å². The second kappa shape index (κ2) is 10.2. The van der Waals surface area contributed by atoms with Gasteiger partial charge in [-0.15, -0.1) is 0 Å². The van der Waals surface area contributed by atoms with Crippen molar-refractivity contribution in [3.8, 4) is 0 Å². The van der Waals surface area contributed by atoms with Gasteiger partial charge < -0.3 is 15.0 Å². The minimum absolute atomic E-state index is 0.112. The lowest BCUT2D eigenvalue weighted by molar-refractivity contribution is 0.102. The van der Waals surface area contributed by atoms with Crippen molar-refractivity contribution < 1.29 is 17.9 Å². The number of hydrogen-bond donors (Lipinski definition) is 1. The number of nitrogens with one attached hydrogen (secondary N) is 1. The van der Waals surface area contributed by atoms with Crippen LogP contribution in [-0.4, -0.2) is 58.0 Å². The number of ether oxygens (including phenoxy) is 1. The van der Waals surface area contributed by atoms with E-state index in [1.165, 1.54) is 16.4 Å². The second-order valence-corrected chi connectivity index (χ2v) is 9.73. The smallest absolute Gasteiger partial charge is 0.257 e. The summed E-state index contributed by atoms with van der Waals surface area (Å²) in [6.07, 6.45) is 0. The van der Waals surface area contributed by atoms with Crippen LogP contribution in [0.1, 0.15) is 24.2 Å². The molecule has 0 aliphatic carbocycles. The second-order valence-electron chi connectivity index (χ2n) is 6.95. The van der Waals surface area contributed by atoms with E-state index in [2.05, 4.69) is 5.32 Å². The van der Waals surface area contributed by atoms with Gasteiger partial charge in [-0.2, -0.15) is 4.31 Å². The summed E-state index contributed by atoms with van der Waals surface area (Å²) >= 11 is 12.2. The van der Waals surface area contributed by atoms with Gasteiger partial charge in [-0.25, -0.2) is 8.42 Å². The Labute approximate surface area is 192 Å². The molecule has 0 spiro atoms. The molecule has 0 radical (unpaired) electrons. The van der Waals surface area contributed by atoms with Crippen LogP contribution in [0.4, 0.5) is 11.4 Å². The third-order valence-electron chi connectivity index (χ3n) is 5.08. The fourth-order valence-corrected chi connectivity index (χ4v) is 5.29. The van der Waals surface area contributed by atoms with Crippen LogP contribution in [0.5, 0.6) is 0 Å². The lowest BCUT2D eigenvalue weighted by Gasteiger charge is -2.31. The number of carbonyl (C=O) groups is 1. The number of amides is 1. The lowest BCUT2D eigenvalue weighted by Crippen LogP contribution is -2.37. The van der Waals surface area contributed by atoms with Gasteiger partial charge in [0.05, 0.1) is 40.1 Å². The van der Waals surface area contributed by atoms with E-state index in [0.29, 0.717) is 55.8 Å². The van der Waals surface area contributed by atoms with Crippen LogP contribution >= 0.6 is 23.2 Å². The van der Waals surface area contributed by atoms with Gasteiger partial charge in [0, 0.05) is 31.2 Å². The highest BCUT2D eigenvalue weighted by Gasteiger charge is 2.25. The molecule has 3 rings (SSSR count). The number of carbonyl (C=O) groups excluding carboxylic acids is 1. The Kier molecular flexibility index (Phi) is 7.82. The molecule has 7 nitrogen and oxygen atoms in total. The fraction of sp³-hybridized carbons (Fsp3) is 0.381. The third-order valence-corrected chi connectivity index (χ3v) is 7.69. The predicted octanol–water partition coefficient (Wildman–Crippen LogP) is 4.11. The third kappa shape index (κ3) is 5.32. The summed E-state index contributed by atoms with van der Waals surface area (Å²) in [7, 11) is -3.69. The minimum Gasteiger partial charge on any atom is -0.378 e. The Balaban J connectivity index is 2.03. The molecule has 0 unspecified atom stereocenters. The highest BCUT2D eigenvalue weighted by atomic mass is 35.5. The first-order valence-corrected chi connectivity index (χ1v) is 12.2. The summed E-state index contributed by atoms with van der Waals surface area (Å²) in [6, 6.07) is 9.40. The number of sulfonamides is 1. The number of nitrogens with zero attached hydrogens (tertiary/aromatic N) is 2. The Bertz CT molecular complexity index is 1050. The molecule has 0 aromatic heterocycles. The zero-order valence-corrected chi connectivity index (χ0v) is 19.7. The maximum Gasteiger partial charge on any atom is 0.257 e. The summed E-state index contributed by atoms with van der Waals surface area (Å²) in [6.45, 7) is 6.62. The van der Waals surface area contributed by atoms with Crippen molar-refractivity contribution in [2.24, 2.45) is 0 Å². The standard InChI is InChI=1S/C21H25Cl2N3O4S/c1-3-26(4-2)31(28,29)16-6-8-20(25-9-11-30-12-10-25)19(14-16)24-21(27)17-13-15(22)5-7-18(17)23/h5-8,13-14H,3-4,9-12H2,1-2H3,(H,24,27). The lowest BCUT2D eigenvalue weighted by atomic mass is 10.2. The predicted molar refractivity (Wildman–Crippen MR) is 124 cm³/mol. The number of anilines is 2. The number of morpholine rings is 1. The van der Waals surface area contributed by atoms with E-state index in [0.717, 1.165) is 0 Å². The average Bonchev–Trinajstić information content (AvgIpc) is 2.76. The maximum absolute atomic E-state index is 13.0. The molecule has 168 valence electrons. The Morgan fingerprint density at radius 1 is 1.10 bits per heavy atom. The number of benzene rings is 2. The molecular weight excluding hydrogens is 461 g/mol. The van der Waals surface area contributed by atoms with Crippen molar-refractivity contribution in [3.63, 3.8) is 0 Å². The van der Waals surface area contributed by atoms with Crippen LogP contribution in [0.15, 0.2) is 41.3 Å². The van der Waals surface area contributed by atoms with Gasteiger partial charge in [-0.1, -0.05) is 37.0 Å².